The van der Waals surface area contributed by atoms with Crippen molar-refractivity contribution in [1.29, 1.82) is 0 Å². The second kappa shape index (κ2) is 4.85. The van der Waals surface area contributed by atoms with Crippen LogP contribution in [0.3, 0.4) is 0 Å². The van der Waals surface area contributed by atoms with Crippen molar-refractivity contribution in [3.63, 3.8) is 0 Å². The Morgan fingerprint density at radius 2 is 2.06 bits per heavy atom. The van der Waals surface area contributed by atoms with Gasteiger partial charge in [0.2, 0.25) is 0 Å². The Kier molecular flexibility index (Phi) is 3.46. The monoisotopic (exact) mass is 221 g/mol. The Balaban J connectivity index is 1.87. The van der Waals surface area contributed by atoms with E-state index < -0.39 is 0 Å². The molecule has 1 aliphatic carbocycles. The number of hydrogen-bond donors (Lipinski definition) is 3. The highest BCUT2D eigenvalue weighted by molar-refractivity contribution is 5.34. The highest BCUT2D eigenvalue weighted by Gasteiger charge is 2.29. The standard InChI is InChI=1S/C13H19NO2/c1-9(11-4-2-3-5-12(11)15)14-8-13(16)10-6-7-10/h2-5,9-10,13-16H,6-8H2,1H3. The minimum Gasteiger partial charge on any atom is -0.508 e. The third kappa shape index (κ3) is 2.74. The summed E-state index contributed by atoms with van der Waals surface area (Å²) >= 11 is 0. The van der Waals surface area contributed by atoms with Gasteiger partial charge in [0.05, 0.1) is 6.10 Å². The lowest BCUT2D eigenvalue weighted by Crippen LogP contribution is -2.30. The molecule has 0 aliphatic heterocycles. The zero-order chi connectivity index (χ0) is 11.5. The van der Waals surface area contributed by atoms with Crippen LogP contribution in [-0.2, 0) is 0 Å². The maximum Gasteiger partial charge on any atom is 0.120 e. The summed E-state index contributed by atoms with van der Waals surface area (Å²) in [4.78, 5) is 0. The number of aliphatic hydroxyl groups excluding tert-OH is 1. The van der Waals surface area contributed by atoms with Gasteiger partial charge >= 0.3 is 0 Å². The van der Waals surface area contributed by atoms with Crippen molar-refractivity contribution in [2.45, 2.75) is 31.9 Å². The third-order valence-corrected chi connectivity index (χ3v) is 3.20. The van der Waals surface area contributed by atoms with Gasteiger partial charge in [0, 0.05) is 18.2 Å². The molecule has 1 aromatic carbocycles. The van der Waals surface area contributed by atoms with E-state index in [4.69, 9.17) is 0 Å². The molecule has 0 aromatic heterocycles. The fourth-order valence-electron chi connectivity index (χ4n) is 1.91. The van der Waals surface area contributed by atoms with Crippen LogP contribution < -0.4 is 5.32 Å². The fourth-order valence-corrected chi connectivity index (χ4v) is 1.91. The van der Waals surface area contributed by atoms with Crippen LogP contribution in [0.25, 0.3) is 0 Å². The molecule has 0 radical (unpaired) electrons. The molecule has 3 N–H and O–H groups in total. The minimum absolute atomic E-state index is 0.0644. The molecule has 0 amide bonds. The number of para-hydroxylation sites is 1. The maximum absolute atomic E-state index is 9.73. The van der Waals surface area contributed by atoms with Crippen LogP contribution in [0.5, 0.6) is 5.75 Å². The van der Waals surface area contributed by atoms with Crippen LogP contribution in [0.1, 0.15) is 31.4 Å². The molecule has 0 bridgehead atoms. The first-order valence-electron chi connectivity index (χ1n) is 5.88. The van der Waals surface area contributed by atoms with Gasteiger partial charge in [0.25, 0.3) is 0 Å². The van der Waals surface area contributed by atoms with Crippen LogP contribution in [0.4, 0.5) is 0 Å². The Morgan fingerprint density at radius 3 is 2.69 bits per heavy atom. The molecule has 1 saturated carbocycles. The Morgan fingerprint density at radius 1 is 1.38 bits per heavy atom. The van der Waals surface area contributed by atoms with Crippen molar-refractivity contribution in [3.8, 4) is 5.75 Å². The van der Waals surface area contributed by atoms with E-state index in [9.17, 15) is 10.2 Å². The molecular formula is C13H19NO2. The number of phenols is 1. The largest absolute Gasteiger partial charge is 0.508 e. The number of aliphatic hydroxyl groups is 1. The van der Waals surface area contributed by atoms with Gasteiger partial charge in [0.1, 0.15) is 5.75 Å². The van der Waals surface area contributed by atoms with Gasteiger partial charge in [0.15, 0.2) is 0 Å². The Labute approximate surface area is 96.1 Å². The average molecular weight is 221 g/mol. The van der Waals surface area contributed by atoms with E-state index in [2.05, 4.69) is 5.32 Å². The third-order valence-electron chi connectivity index (χ3n) is 3.20. The molecule has 0 spiro atoms. The van der Waals surface area contributed by atoms with Gasteiger partial charge in [-0.1, -0.05) is 18.2 Å². The van der Waals surface area contributed by atoms with Gasteiger partial charge in [-0.2, -0.15) is 0 Å². The highest BCUT2D eigenvalue weighted by Crippen LogP contribution is 2.32. The van der Waals surface area contributed by atoms with Crippen molar-refractivity contribution < 1.29 is 10.2 Å². The number of aromatic hydroxyl groups is 1. The Bertz CT molecular complexity index is 350. The molecule has 1 aromatic rings. The molecule has 2 atom stereocenters. The predicted octanol–water partition coefficient (Wildman–Crippen LogP) is 1.81. The zero-order valence-corrected chi connectivity index (χ0v) is 9.56. The summed E-state index contributed by atoms with van der Waals surface area (Å²) < 4.78 is 0. The smallest absolute Gasteiger partial charge is 0.120 e. The van der Waals surface area contributed by atoms with Gasteiger partial charge < -0.3 is 15.5 Å². The second-order valence-electron chi connectivity index (χ2n) is 4.59. The zero-order valence-electron chi connectivity index (χ0n) is 9.56. The van der Waals surface area contributed by atoms with Gasteiger partial charge in [-0.25, -0.2) is 0 Å². The molecular weight excluding hydrogens is 202 g/mol. The first kappa shape index (κ1) is 11.4. The lowest BCUT2D eigenvalue weighted by Gasteiger charge is -2.18. The molecule has 0 heterocycles. The molecule has 0 saturated heterocycles. The number of nitrogens with one attached hydrogen (secondary N) is 1. The van der Waals surface area contributed by atoms with E-state index in [0.717, 1.165) is 18.4 Å². The first-order chi connectivity index (χ1) is 7.68. The second-order valence-corrected chi connectivity index (χ2v) is 4.59. The van der Waals surface area contributed by atoms with Crippen molar-refractivity contribution in [3.05, 3.63) is 29.8 Å². The van der Waals surface area contributed by atoms with Crippen LogP contribution in [0.2, 0.25) is 0 Å². The highest BCUT2D eigenvalue weighted by atomic mass is 16.3. The van der Waals surface area contributed by atoms with E-state index in [0.29, 0.717) is 18.2 Å². The summed E-state index contributed by atoms with van der Waals surface area (Å²) in [5, 5.41) is 22.6. The van der Waals surface area contributed by atoms with E-state index in [1.165, 1.54) is 0 Å². The number of hydrogen-bond acceptors (Lipinski definition) is 3. The number of benzene rings is 1. The van der Waals surface area contributed by atoms with Crippen molar-refractivity contribution in [2.24, 2.45) is 5.92 Å². The van der Waals surface area contributed by atoms with Crippen LogP contribution in [0.15, 0.2) is 24.3 Å². The number of phenolic OH excluding ortho intramolecular Hbond substituents is 1. The topological polar surface area (TPSA) is 52.5 Å². The molecule has 88 valence electrons. The number of rotatable bonds is 5. The first-order valence-corrected chi connectivity index (χ1v) is 5.88. The van der Waals surface area contributed by atoms with Gasteiger partial charge in [-0.3, -0.25) is 0 Å². The van der Waals surface area contributed by atoms with Gasteiger partial charge in [-0.15, -0.1) is 0 Å². The van der Waals surface area contributed by atoms with Crippen LogP contribution >= 0.6 is 0 Å². The molecule has 3 nitrogen and oxygen atoms in total. The van der Waals surface area contributed by atoms with Crippen molar-refractivity contribution >= 4 is 0 Å². The lowest BCUT2D eigenvalue weighted by molar-refractivity contribution is 0.145. The van der Waals surface area contributed by atoms with Gasteiger partial charge in [-0.05, 0) is 31.7 Å². The van der Waals surface area contributed by atoms with E-state index in [1.54, 1.807) is 6.07 Å². The van der Waals surface area contributed by atoms with Crippen molar-refractivity contribution in [1.82, 2.24) is 5.32 Å². The normalized spacial score (nSPS) is 19.4. The fraction of sp³-hybridized carbons (Fsp3) is 0.538. The minimum atomic E-state index is -0.242. The molecule has 16 heavy (non-hydrogen) atoms. The molecule has 3 heteroatoms. The summed E-state index contributed by atoms with van der Waals surface area (Å²) in [7, 11) is 0. The molecule has 1 aliphatic rings. The molecule has 1 fully saturated rings. The van der Waals surface area contributed by atoms with Crippen LogP contribution in [0, 0.1) is 5.92 Å². The summed E-state index contributed by atoms with van der Waals surface area (Å²) in [6.45, 7) is 2.59. The predicted molar refractivity (Wildman–Crippen MR) is 63.3 cm³/mol. The SMILES string of the molecule is CC(NCC(O)C1CC1)c1ccccc1O. The molecule has 2 unspecified atom stereocenters. The average Bonchev–Trinajstić information content (AvgIpc) is 3.10. The van der Waals surface area contributed by atoms with Crippen LogP contribution in [-0.4, -0.2) is 22.9 Å². The summed E-state index contributed by atoms with van der Waals surface area (Å²) in [6, 6.07) is 7.37. The van der Waals surface area contributed by atoms with E-state index in [-0.39, 0.29) is 12.1 Å². The van der Waals surface area contributed by atoms with Crippen molar-refractivity contribution in [2.75, 3.05) is 6.54 Å². The lowest BCUT2D eigenvalue weighted by atomic mass is 10.1. The van der Waals surface area contributed by atoms with E-state index in [1.807, 2.05) is 25.1 Å². The summed E-state index contributed by atoms with van der Waals surface area (Å²) in [5.41, 5.74) is 0.880. The quantitative estimate of drug-likeness (QED) is 0.711. The maximum atomic E-state index is 9.73. The Hall–Kier alpha value is -1.06. The summed E-state index contributed by atoms with van der Waals surface area (Å²) in [5.74, 6) is 0.799. The summed E-state index contributed by atoms with van der Waals surface area (Å²) in [6.07, 6.45) is 2.05. The molecule has 2 rings (SSSR count). The van der Waals surface area contributed by atoms with E-state index >= 15 is 0 Å².